The summed E-state index contributed by atoms with van der Waals surface area (Å²) >= 11 is 0. The molecule has 0 spiro atoms. The fourth-order valence-corrected chi connectivity index (χ4v) is 3.94. The standard InChI is InChI=1S/C34H51NO7/c1-24(2)31(35-27(5)36)25(3)20-40-21-29(17-13-16-28-14-11-10-12-15-28)22-42-34(8,9)19-18-30(37)26(4)32(38)41-23-33(6,7)39/h10-17,24-26,39H,18-23H2,1-9H3/b16-13+,29-17+,35-31?. The van der Waals surface area contributed by atoms with Crippen molar-refractivity contribution in [1.29, 1.82) is 0 Å². The van der Waals surface area contributed by atoms with E-state index in [2.05, 4.69) is 4.99 Å². The lowest BCUT2D eigenvalue weighted by Gasteiger charge is -2.26. The fourth-order valence-electron chi connectivity index (χ4n) is 3.94. The minimum atomic E-state index is -1.16. The van der Waals surface area contributed by atoms with E-state index in [1.54, 1.807) is 0 Å². The highest BCUT2D eigenvalue weighted by Gasteiger charge is 2.28. The number of carbonyl (C=O) groups is 3. The van der Waals surface area contributed by atoms with Crippen LogP contribution in [0, 0.1) is 17.8 Å². The van der Waals surface area contributed by atoms with Crippen molar-refractivity contribution < 1.29 is 33.7 Å². The Balaban J connectivity index is 2.82. The number of aliphatic hydroxyl groups is 1. The number of esters is 1. The van der Waals surface area contributed by atoms with Crippen LogP contribution in [0.25, 0.3) is 6.08 Å². The molecule has 0 saturated carbocycles. The summed E-state index contributed by atoms with van der Waals surface area (Å²) in [5.74, 6) is -1.90. The smallest absolute Gasteiger partial charge is 0.316 e. The molecule has 0 aromatic heterocycles. The van der Waals surface area contributed by atoms with Gasteiger partial charge < -0.3 is 19.3 Å². The van der Waals surface area contributed by atoms with E-state index in [1.807, 2.05) is 83.2 Å². The third-order valence-electron chi connectivity index (χ3n) is 6.48. The Labute approximate surface area is 252 Å². The average molecular weight is 586 g/mol. The van der Waals surface area contributed by atoms with Gasteiger partial charge in [-0.2, -0.15) is 0 Å². The molecule has 2 atom stereocenters. The number of ether oxygens (including phenoxy) is 3. The summed E-state index contributed by atoms with van der Waals surface area (Å²) in [5, 5.41) is 9.76. The molecule has 8 heteroatoms. The molecule has 234 valence electrons. The maximum atomic E-state index is 12.7. The van der Waals surface area contributed by atoms with Gasteiger partial charge in [0.25, 0.3) is 0 Å². The number of rotatable bonds is 18. The second-order valence-electron chi connectivity index (χ2n) is 12.4. The Bertz CT molecular complexity index is 1090. The first-order valence-corrected chi connectivity index (χ1v) is 14.6. The van der Waals surface area contributed by atoms with Gasteiger partial charge in [-0.3, -0.25) is 14.4 Å². The van der Waals surface area contributed by atoms with Crippen LogP contribution in [0.3, 0.4) is 0 Å². The molecule has 0 radical (unpaired) electrons. The molecule has 8 nitrogen and oxygen atoms in total. The number of Topliss-reactive ketones (excluding diaryl/α,β-unsaturated/α-hetero) is 1. The number of hydrogen-bond donors (Lipinski definition) is 1. The lowest BCUT2D eigenvalue weighted by atomic mass is 9.95. The van der Waals surface area contributed by atoms with E-state index in [0.29, 0.717) is 19.6 Å². The first kappa shape index (κ1) is 37.1. The number of amides is 1. The van der Waals surface area contributed by atoms with Crippen LogP contribution in [-0.4, -0.2) is 66.1 Å². The Morgan fingerprint density at radius 3 is 2.21 bits per heavy atom. The van der Waals surface area contributed by atoms with Gasteiger partial charge in [-0.25, -0.2) is 4.99 Å². The monoisotopic (exact) mass is 585 g/mol. The molecule has 1 aromatic rings. The third-order valence-corrected chi connectivity index (χ3v) is 6.48. The summed E-state index contributed by atoms with van der Waals surface area (Å²) in [6, 6.07) is 9.95. The van der Waals surface area contributed by atoms with Crippen LogP contribution in [0.2, 0.25) is 0 Å². The summed E-state index contributed by atoms with van der Waals surface area (Å²) in [7, 11) is 0. The van der Waals surface area contributed by atoms with Gasteiger partial charge in [-0.15, -0.1) is 0 Å². The van der Waals surface area contributed by atoms with Crippen molar-refractivity contribution >= 4 is 29.4 Å². The zero-order chi connectivity index (χ0) is 31.9. The van der Waals surface area contributed by atoms with E-state index in [4.69, 9.17) is 14.2 Å². The molecule has 1 aromatic carbocycles. The summed E-state index contributed by atoms with van der Waals surface area (Å²) < 4.78 is 17.3. The number of hydrogen-bond acceptors (Lipinski definition) is 7. The van der Waals surface area contributed by atoms with Gasteiger partial charge in [0.1, 0.15) is 18.3 Å². The van der Waals surface area contributed by atoms with Gasteiger partial charge in [0.2, 0.25) is 5.91 Å². The first-order chi connectivity index (χ1) is 19.5. The zero-order valence-electron chi connectivity index (χ0n) is 26.9. The van der Waals surface area contributed by atoms with Gasteiger partial charge in [0.15, 0.2) is 0 Å². The molecule has 0 bridgehead atoms. The number of nitrogens with zero attached hydrogens (tertiary/aromatic N) is 1. The first-order valence-electron chi connectivity index (χ1n) is 14.6. The van der Waals surface area contributed by atoms with Crippen LogP contribution in [0.1, 0.15) is 80.7 Å². The van der Waals surface area contributed by atoms with Gasteiger partial charge >= 0.3 is 5.97 Å². The van der Waals surface area contributed by atoms with Crippen LogP contribution >= 0.6 is 0 Å². The van der Waals surface area contributed by atoms with Crippen molar-refractivity contribution in [3.8, 4) is 0 Å². The number of carbonyl (C=O) groups excluding carboxylic acids is 3. The minimum absolute atomic E-state index is 0.0180. The Hall–Kier alpha value is -2.94. The predicted octanol–water partition coefficient (Wildman–Crippen LogP) is 6.02. The fraction of sp³-hybridized carbons (Fsp3) is 0.588. The quantitative estimate of drug-likeness (QED) is 0.0971. The van der Waals surface area contributed by atoms with Crippen molar-refractivity contribution in [2.24, 2.45) is 22.7 Å². The van der Waals surface area contributed by atoms with E-state index in [1.165, 1.54) is 27.7 Å². The Kier molecular flexibility index (Phi) is 15.8. The summed E-state index contributed by atoms with van der Waals surface area (Å²) in [6.07, 6.45) is 6.49. The normalized spacial score (nSPS) is 14.7. The molecular formula is C34H51NO7. The second-order valence-corrected chi connectivity index (χ2v) is 12.4. The van der Waals surface area contributed by atoms with Gasteiger partial charge in [-0.05, 0) is 58.1 Å². The summed E-state index contributed by atoms with van der Waals surface area (Å²) in [6.45, 7) is 16.7. The van der Waals surface area contributed by atoms with Crippen LogP contribution in [0.5, 0.6) is 0 Å². The molecule has 0 aliphatic carbocycles. The third kappa shape index (κ3) is 15.9. The maximum absolute atomic E-state index is 12.7. The van der Waals surface area contributed by atoms with E-state index in [9.17, 15) is 19.5 Å². The van der Waals surface area contributed by atoms with Gasteiger partial charge in [0.05, 0.1) is 31.0 Å². The Morgan fingerprint density at radius 1 is 1.00 bits per heavy atom. The molecule has 1 amide bonds. The number of benzene rings is 1. The van der Waals surface area contributed by atoms with Crippen molar-refractivity contribution in [3.63, 3.8) is 0 Å². The SMILES string of the molecule is CC(=O)N=C(C(C)C)C(C)COC/C(=C\C=C\c1ccccc1)COC(C)(C)CCC(=O)C(C)C(=O)OCC(C)(C)O. The van der Waals surface area contributed by atoms with E-state index >= 15 is 0 Å². The van der Waals surface area contributed by atoms with E-state index in [0.717, 1.165) is 16.8 Å². The van der Waals surface area contributed by atoms with Crippen LogP contribution in [-0.2, 0) is 28.6 Å². The highest BCUT2D eigenvalue weighted by atomic mass is 16.5. The number of allylic oxidation sites excluding steroid dienone is 2. The minimum Gasteiger partial charge on any atom is -0.462 e. The molecule has 0 saturated heterocycles. The lowest BCUT2D eigenvalue weighted by Crippen LogP contribution is -2.33. The average Bonchev–Trinajstić information content (AvgIpc) is 2.91. The topological polar surface area (TPSA) is 111 Å². The van der Waals surface area contributed by atoms with Crippen LogP contribution in [0.4, 0.5) is 0 Å². The van der Waals surface area contributed by atoms with Gasteiger partial charge in [-0.1, -0.05) is 69.3 Å². The number of ketones is 1. The summed E-state index contributed by atoms with van der Waals surface area (Å²) in [5.41, 5.74) is 1.00. The number of aliphatic imine (C=N–C) groups is 1. The maximum Gasteiger partial charge on any atom is 0.316 e. The Morgan fingerprint density at radius 2 is 1.64 bits per heavy atom. The van der Waals surface area contributed by atoms with Gasteiger partial charge in [0, 0.05) is 25.0 Å². The predicted molar refractivity (Wildman–Crippen MR) is 167 cm³/mol. The molecule has 0 aliphatic heterocycles. The van der Waals surface area contributed by atoms with Crippen LogP contribution < -0.4 is 0 Å². The van der Waals surface area contributed by atoms with E-state index in [-0.39, 0.29) is 43.2 Å². The lowest BCUT2D eigenvalue weighted by molar-refractivity contribution is -0.157. The zero-order valence-corrected chi connectivity index (χ0v) is 26.9. The van der Waals surface area contributed by atoms with Crippen LogP contribution in [0.15, 0.2) is 53.0 Å². The molecular weight excluding hydrogens is 534 g/mol. The molecule has 0 aliphatic rings. The highest BCUT2D eigenvalue weighted by Crippen LogP contribution is 2.21. The molecule has 2 unspecified atom stereocenters. The van der Waals surface area contributed by atoms with Crippen molar-refractivity contribution in [2.45, 2.75) is 86.4 Å². The molecule has 1 rings (SSSR count). The molecule has 0 heterocycles. The second kappa shape index (κ2) is 17.9. The molecule has 0 fully saturated rings. The van der Waals surface area contributed by atoms with E-state index < -0.39 is 23.1 Å². The van der Waals surface area contributed by atoms with Crippen molar-refractivity contribution in [2.75, 3.05) is 26.4 Å². The molecule has 1 N–H and O–H groups in total. The highest BCUT2D eigenvalue weighted by molar-refractivity contribution is 5.98. The largest absolute Gasteiger partial charge is 0.462 e. The molecule has 42 heavy (non-hydrogen) atoms. The van der Waals surface area contributed by atoms with Crippen molar-refractivity contribution in [1.82, 2.24) is 0 Å². The van der Waals surface area contributed by atoms with Crippen molar-refractivity contribution in [3.05, 3.63) is 53.6 Å². The summed E-state index contributed by atoms with van der Waals surface area (Å²) in [4.78, 5) is 40.6.